The van der Waals surface area contributed by atoms with Crippen molar-refractivity contribution in [3.05, 3.63) is 65.0 Å². The Morgan fingerprint density at radius 2 is 1.91 bits per heavy atom. The minimum absolute atomic E-state index is 0.0732. The van der Waals surface area contributed by atoms with Crippen molar-refractivity contribution in [3.8, 4) is 5.75 Å². The quantitative estimate of drug-likeness (QED) is 0.545. The molecule has 0 unspecified atom stereocenters. The molecule has 1 amide bonds. The minimum atomic E-state index is -0.416. The van der Waals surface area contributed by atoms with Crippen LogP contribution in [-0.4, -0.2) is 32.6 Å². The molecule has 2 N–H and O–H groups in total. The number of hydrogen-bond donors (Lipinski definition) is 2. The largest absolute Gasteiger partial charge is 0.494 e. The summed E-state index contributed by atoms with van der Waals surface area (Å²) in [4.78, 5) is 13.4. The second-order valence-corrected chi connectivity index (χ2v) is 9.03. The summed E-state index contributed by atoms with van der Waals surface area (Å²) < 4.78 is 7.51. The van der Waals surface area contributed by atoms with Gasteiger partial charge in [0.25, 0.3) is 0 Å². The Morgan fingerprint density at radius 1 is 1.12 bits per heavy atom. The molecule has 1 aliphatic heterocycles. The number of amides is 1. The van der Waals surface area contributed by atoms with Gasteiger partial charge in [0, 0.05) is 12.1 Å². The number of nitrogens with one attached hydrogen (secondary N) is 2. The molecule has 0 spiro atoms. The van der Waals surface area contributed by atoms with Crippen LogP contribution in [0, 0.1) is 13.8 Å². The first-order valence-corrected chi connectivity index (χ1v) is 11.9. The van der Waals surface area contributed by atoms with E-state index in [0.717, 1.165) is 41.2 Å². The number of aryl methyl sites for hydroxylation is 3. The standard InChI is InChI=1S/C24H29N5O2S/c1-5-7-20-26-27-24-29(20)28-21(17-9-12-19(13-10-17)31-6-2)22(32-24)23(30)25-18-11-8-15(3)16(4)14-18/h8-14,21-22,28H,5-7H2,1-4H3,(H,25,30)/t21-,22+/m1/s1. The average Bonchev–Trinajstić information content (AvgIpc) is 3.18. The first kappa shape index (κ1) is 22.2. The number of aromatic nitrogens is 3. The molecule has 8 heteroatoms. The lowest BCUT2D eigenvalue weighted by atomic mass is 10.0. The SMILES string of the molecule is CCCc1nnc2n1N[C@H](c1ccc(OCC)cc1)[C@@H](C(=O)Nc1ccc(C)c(C)c1)S2. The second-order valence-electron chi connectivity index (χ2n) is 7.92. The van der Waals surface area contributed by atoms with E-state index in [1.807, 2.05) is 61.0 Å². The van der Waals surface area contributed by atoms with E-state index in [1.54, 1.807) is 0 Å². The predicted molar refractivity (Wildman–Crippen MR) is 128 cm³/mol. The Morgan fingerprint density at radius 3 is 2.59 bits per heavy atom. The van der Waals surface area contributed by atoms with E-state index in [4.69, 9.17) is 4.74 Å². The molecule has 0 radical (unpaired) electrons. The first-order valence-electron chi connectivity index (χ1n) is 11.0. The van der Waals surface area contributed by atoms with Gasteiger partial charge in [0.05, 0.1) is 12.6 Å². The van der Waals surface area contributed by atoms with Gasteiger partial charge in [-0.1, -0.05) is 36.9 Å². The number of carbonyl (C=O) groups excluding carboxylic acids is 1. The summed E-state index contributed by atoms with van der Waals surface area (Å²) in [5, 5.41) is 12.0. The number of nitrogens with zero attached hydrogens (tertiary/aromatic N) is 3. The van der Waals surface area contributed by atoms with Gasteiger partial charge in [0.15, 0.2) is 5.82 Å². The highest BCUT2D eigenvalue weighted by molar-refractivity contribution is 8.00. The highest BCUT2D eigenvalue weighted by Gasteiger charge is 2.37. The molecule has 7 nitrogen and oxygen atoms in total. The maximum absolute atomic E-state index is 13.4. The van der Waals surface area contributed by atoms with Gasteiger partial charge in [-0.05, 0) is 68.1 Å². The van der Waals surface area contributed by atoms with Crippen molar-refractivity contribution in [3.63, 3.8) is 0 Å². The summed E-state index contributed by atoms with van der Waals surface area (Å²) in [6, 6.07) is 13.6. The van der Waals surface area contributed by atoms with Gasteiger partial charge >= 0.3 is 0 Å². The van der Waals surface area contributed by atoms with Gasteiger partial charge < -0.3 is 15.5 Å². The van der Waals surface area contributed by atoms with Gasteiger partial charge in [-0.25, -0.2) is 4.68 Å². The zero-order valence-electron chi connectivity index (χ0n) is 18.9. The van der Waals surface area contributed by atoms with Crippen LogP contribution in [0.1, 0.15) is 48.8 Å². The topological polar surface area (TPSA) is 81.1 Å². The Kier molecular flexibility index (Phi) is 6.69. The zero-order chi connectivity index (χ0) is 22.7. The molecule has 2 aromatic carbocycles. The summed E-state index contributed by atoms with van der Waals surface area (Å²) in [5.74, 6) is 1.61. The maximum atomic E-state index is 13.4. The van der Waals surface area contributed by atoms with Crippen LogP contribution in [0.5, 0.6) is 5.75 Å². The Hall–Kier alpha value is -3.00. The molecule has 4 rings (SSSR count). The monoisotopic (exact) mass is 451 g/mol. The van der Waals surface area contributed by atoms with Crippen LogP contribution in [-0.2, 0) is 11.2 Å². The maximum Gasteiger partial charge on any atom is 0.240 e. The van der Waals surface area contributed by atoms with Crippen molar-refractivity contribution in [1.29, 1.82) is 0 Å². The molecular weight excluding hydrogens is 422 g/mol. The van der Waals surface area contributed by atoms with E-state index < -0.39 is 5.25 Å². The lowest BCUT2D eigenvalue weighted by molar-refractivity contribution is -0.116. The van der Waals surface area contributed by atoms with Gasteiger partial charge in [-0.2, -0.15) is 0 Å². The lowest BCUT2D eigenvalue weighted by Gasteiger charge is -2.33. The van der Waals surface area contributed by atoms with Crippen LogP contribution in [0.25, 0.3) is 0 Å². The van der Waals surface area contributed by atoms with Crippen LogP contribution >= 0.6 is 11.8 Å². The molecule has 0 saturated heterocycles. The van der Waals surface area contributed by atoms with Crippen molar-refractivity contribution in [2.45, 2.75) is 57.0 Å². The molecule has 1 aromatic heterocycles. The third kappa shape index (κ3) is 4.60. The normalized spacial score (nSPS) is 17.4. The van der Waals surface area contributed by atoms with E-state index in [-0.39, 0.29) is 11.9 Å². The van der Waals surface area contributed by atoms with Gasteiger partial charge in [0.1, 0.15) is 11.0 Å². The highest BCUT2D eigenvalue weighted by Crippen LogP contribution is 2.38. The van der Waals surface area contributed by atoms with Crippen molar-refractivity contribution in [2.24, 2.45) is 0 Å². The van der Waals surface area contributed by atoms with Crippen molar-refractivity contribution >= 4 is 23.4 Å². The van der Waals surface area contributed by atoms with Crippen LogP contribution in [0.15, 0.2) is 47.6 Å². The summed E-state index contributed by atoms with van der Waals surface area (Å²) in [6.07, 6.45) is 1.78. The number of thioether (sulfide) groups is 1. The number of rotatable bonds is 7. The molecule has 0 aliphatic carbocycles. The fourth-order valence-electron chi connectivity index (χ4n) is 3.70. The number of hydrogen-bond acceptors (Lipinski definition) is 6. The van der Waals surface area contributed by atoms with Gasteiger partial charge in [-0.3, -0.25) is 4.79 Å². The Balaban J connectivity index is 1.64. The van der Waals surface area contributed by atoms with Crippen LogP contribution in [0.4, 0.5) is 5.69 Å². The summed E-state index contributed by atoms with van der Waals surface area (Å²) >= 11 is 1.44. The van der Waals surface area contributed by atoms with Gasteiger partial charge in [0.2, 0.25) is 11.1 Å². The summed E-state index contributed by atoms with van der Waals surface area (Å²) in [7, 11) is 0. The van der Waals surface area contributed by atoms with E-state index in [1.165, 1.54) is 17.3 Å². The molecule has 1 aliphatic rings. The Bertz CT molecular complexity index is 1100. The molecule has 0 bridgehead atoms. The lowest BCUT2D eigenvalue weighted by Crippen LogP contribution is -2.41. The van der Waals surface area contributed by atoms with E-state index in [0.29, 0.717) is 11.8 Å². The number of benzene rings is 2. The van der Waals surface area contributed by atoms with Crippen molar-refractivity contribution < 1.29 is 9.53 Å². The van der Waals surface area contributed by atoms with Crippen molar-refractivity contribution in [1.82, 2.24) is 14.9 Å². The fourth-order valence-corrected chi connectivity index (χ4v) is 4.80. The molecule has 0 fully saturated rings. The molecule has 168 valence electrons. The average molecular weight is 452 g/mol. The first-order chi connectivity index (χ1) is 15.5. The highest BCUT2D eigenvalue weighted by atomic mass is 32.2. The third-order valence-corrected chi connectivity index (χ3v) is 6.78. The Labute approximate surface area is 192 Å². The second kappa shape index (κ2) is 9.65. The van der Waals surface area contributed by atoms with Crippen molar-refractivity contribution in [2.75, 3.05) is 17.3 Å². The minimum Gasteiger partial charge on any atom is -0.494 e. The molecular formula is C24H29N5O2S. The van der Waals surface area contributed by atoms with Gasteiger partial charge in [-0.15, -0.1) is 10.2 Å². The molecule has 2 heterocycles. The molecule has 2 atom stereocenters. The summed E-state index contributed by atoms with van der Waals surface area (Å²) in [5.41, 5.74) is 7.64. The number of ether oxygens (including phenoxy) is 1. The molecule has 32 heavy (non-hydrogen) atoms. The third-order valence-electron chi connectivity index (χ3n) is 5.56. The van der Waals surface area contributed by atoms with Crippen LogP contribution in [0.2, 0.25) is 0 Å². The van der Waals surface area contributed by atoms with E-state index >= 15 is 0 Å². The fraction of sp³-hybridized carbons (Fsp3) is 0.375. The number of carbonyl (C=O) groups is 1. The van der Waals surface area contributed by atoms with E-state index in [2.05, 4.69) is 34.8 Å². The molecule has 3 aromatic rings. The van der Waals surface area contributed by atoms with Crippen LogP contribution in [0.3, 0.4) is 0 Å². The zero-order valence-corrected chi connectivity index (χ0v) is 19.7. The smallest absolute Gasteiger partial charge is 0.240 e. The number of anilines is 1. The summed E-state index contributed by atoms with van der Waals surface area (Å²) in [6.45, 7) is 8.79. The number of fused-ring (bicyclic) bond motifs is 1. The van der Waals surface area contributed by atoms with E-state index in [9.17, 15) is 4.79 Å². The van der Waals surface area contributed by atoms with Crippen LogP contribution < -0.4 is 15.5 Å². The predicted octanol–water partition coefficient (Wildman–Crippen LogP) is 4.64. The molecule has 0 saturated carbocycles.